The van der Waals surface area contributed by atoms with Crippen LogP contribution in [0.15, 0.2) is 0 Å². The van der Waals surface area contributed by atoms with Crippen molar-refractivity contribution < 1.29 is 4.74 Å². The highest BCUT2D eigenvalue weighted by Gasteiger charge is 2.42. The Labute approximate surface area is 105 Å². The van der Waals surface area contributed by atoms with Crippen LogP contribution in [0.3, 0.4) is 0 Å². The predicted octanol–water partition coefficient (Wildman–Crippen LogP) is 1.49. The van der Waals surface area contributed by atoms with Crippen molar-refractivity contribution in [3.63, 3.8) is 0 Å². The highest BCUT2D eigenvalue weighted by molar-refractivity contribution is 4.96. The molecule has 1 aliphatic carbocycles. The van der Waals surface area contributed by atoms with Gasteiger partial charge in [-0.1, -0.05) is 0 Å². The molecule has 2 heterocycles. The lowest BCUT2D eigenvalue weighted by Crippen LogP contribution is -2.50. The van der Waals surface area contributed by atoms with Gasteiger partial charge in [0.1, 0.15) is 0 Å². The van der Waals surface area contributed by atoms with Crippen molar-refractivity contribution in [3.8, 4) is 0 Å². The lowest BCUT2D eigenvalue weighted by Gasteiger charge is -2.42. The highest BCUT2D eigenvalue weighted by Crippen LogP contribution is 2.40. The maximum absolute atomic E-state index is 5.76. The number of hydrogen-bond donors (Lipinski definition) is 1. The maximum Gasteiger partial charge on any atom is 0.0546 e. The number of nitrogens with zero attached hydrogens (tertiary/aromatic N) is 1. The van der Waals surface area contributed by atoms with E-state index in [9.17, 15) is 0 Å². The molecule has 17 heavy (non-hydrogen) atoms. The molecule has 3 unspecified atom stereocenters. The van der Waals surface area contributed by atoms with Crippen LogP contribution in [-0.4, -0.2) is 50.8 Å². The van der Waals surface area contributed by atoms with Crippen LogP contribution in [0, 0.1) is 11.3 Å². The first-order chi connectivity index (χ1) is 8.31. The quantitative estimate of drug-likeness (QED) is 0.803. The van der Waals surface area contributed by atoms with Crippen molar-refractivity contribution in [1.29, 1.82) is 0 Å². The molecule has 2 saturated heterocycles. The van der Waals surface area contributed by atoms with E-state index in [1.165, 1.54) is 45.2 Å². The topological polar surface area (TPSA) is 24.5 Å². The molecule has 98 valence electrons. The summed E-state index contributed by atoms with van der Waals surface area (Å²) in [5.74, 6) is 1.01. The van der Waals surface area contributed by atoms with Gasteiger partial charge in [-0.15, -0.1) is 0 Å². The average molecular weight is 238 g/mol. The molecule has 3 nitrogen and oxygen atoms in total. The molecule has 0 amide bonds. The second-order valence-electron chi connectivity index (χ2n) is 6.45. The fraction of sp³-hybridized carbons (Fsp3) is 1.00. The third-order valence-corrected chi connectivity index (χ3v) is 5.02. The van der Waals surface area contributed by atoms with E-state index < -0.39 is 0 Å². The largest absolute Gasteiger partial charge is 0.381 e. The van der Waals surface area contributed by atoms with Gasteiger partial charge in [-0.3, -0.25) is 4.90 Å². The number of fused-ring (bicyclic) bond motifs is 2. The third kappa shape index (κ3) is 2.38. The van der Waals surface area contributed by atoms with Crippen molar-refractivity contribution in [2.24, 2.45) is 11.3 Å². The summed E-state index contributed by atoms with van der Waals surface area (Å²) < 4.78 is 5.76. The predicted molar refractivity (Wildman–Crippen MR) is 69.1 cm³/mol. The average Bonchev–Trinajstić information content (AvgIpc) is 2.92. The van der Waals surface area contributed by atoms with Gasteiger partial charge < -0.3 is 10.1 Å². The number of rotatable bonds is 4. The molecule has 3 atom stereocenters. The zero-order valence-electron chi connectivity index (χ0n) is 11.1. The molecular formula is C14H26N2O. The smallest absolute Gasteiger partial charge is 0.0546 e. The fourth-order valence-electron chi connectivity index (χ4n) is 4.26. The molecule has 1 saturated carbocycles. The first-order valence-electron chi connectivity index (χ1n) is 7.28. The lowest BCUT2D eigenvalue weighted by molar-refractivity contribution is -0.0298. The molecule has 0 radical (unpaired) electrons. The van der Waals surface area contributed by atoms with Gasteiger partial charge in [0.25, 0.3) is 0 Å². The zero-order chi connectivity index (χ0) is 11.7. The molecule has 0 spiro atoms. The molecule has 3 fully saturated rings. The Balaban J connectivity index is 1.63. The number of nitrogens with one attached hydrogen (secondary N) is 1. The van der Waals surface area contributed by atoms with Crippen molar-refractivity contribution in [2.45, 2.75) is 38.1 Å². The molecule has 2 aliphatic heterocycles. The molecule has 0 aromatic carbocycles. The molecule has 2 bridgehead atoms. The monoisotopic (exact) mass is 238 g/mol. The second kappa shape index (κ2) is 4.87. The second-order valence-corrected chi connectivity index (χ2v) is 6.45. The first-order valence-corrected chi connectivity index (χ1v) is 7.28. The fourth-order valence-corrected chi connectivity index (χ4v) is 4.26. The van der Waals surface area contributed by atoms with Gasteiger partial charge in [0.05, 0.1) is 6.61 Å². The molecule has 1 N–H and O–H groups in total. The van der Waals surface area contributed by atoms with Gasteiger partial charge in [0.15, 0.2) is 0 Å². The number of likely N-dealkylation sites (tertiary alicyclic amines) is 1. The van der Waals surface area contributed by atoms with Crippen LogP contribution >= 0.6 is 0 Å². The summed E-state index contributed by atoms with van der Waals surface area (Å²) in [7, 11) is 2.08. The molecule has 3 rings (SSSR count). The summed E-state index contributed by atoms with van der Waals surface area (Å²) in [4.78, 5) is 2.76. The van der Waals surface area contributed by atoms with E-state index in [4.69, 9.17) is 4.74 Å². The summed E-state index contributed by atoms with van der Waals surface area (Å²) in [6.45, 7) is 5.66. The van der Waals surface area contributed by atoms with Gasteiger partial charge in [0.2, 0.25) is 0 Å². The van der Waals surface area contributed by atoms with Crippen LogP contribution in [0.4, 0.5) is 0 Å². The zero-order valence-corrected chi connectivity index (χ0v) is 11.1. The molecule has 0 aromatic heterocycles. The Bertz CT molecular complexity index is 257. The molecular weight excluding hydrogens is 212 g/mol. The third-order valence-electron chi connectivity index (χ3n) is 5.02. The highest BCUT2D eigenvalue weighted by atomic mass is 16.5. The minimum Gasteiger partial charge on any atom is -0.381 e. The van der Waals surface area contributed by atoms with Crippen LogP contribution in [-0.2, 0) is 4.74 Å². The van der Waals surface area contributed by atoms with Crippen molar-refractivity contribution in [3.05, 3.63) is 0 Å². The van der Waals surface area contributed by atoms with E-state index in [0.29, 0.717) is 5.41 Å². The summed E-state index contributed by atoms with van der Waals surface area (Å²) in [5, 5.41) is 3.39. The number of ether oxygens (including phenoxy) is 1. The molecule has 0 aromatic rings. The Hall–Kier alpha value is -0.120. The summed E-state index contributed by atoms with van der Waals surface area (Å²) in [6.07, 6.45) is 6.97. The normalized spacial score (nSPS) is 42.2. The van der Waals surface area contributed by atoms with E-state index in [2.05, 4.69) is 17.3 Å². The Morgan fingerprint density at radius 3 is 2.94 bits per heavy atom. The SMILES string of the molecule is CNCC1(CN2CC3CCC2C3)CCCOC1. The Kier molecular flexibility index (Phi) is 3.42. The maximum atomic E-state index is 5.76. The van der Waals surface area contributed by atoms with E-state index in [0.717, 1.165) is 31.7 Å². The van der Waals surface area contributed by atoms with Gasteiger partial charge >= 0.3 is 0 Å². The van der Waals surface area contributed by atoms with Crippen molar-refractivity contribution >= 4 is 0 Å². The van der Waals surface area contributed by atoms with Crippen LogP contribution in [0.5, 0.6) is 0 Å². The summed E-state index contributed by atoms with van der Waals surface area (Å²) in [6, 6.07) is 0.899. The van der Waals surface area contributed by atoms with E-state index in [1.807, 2.05) is 0 Å². The Morgan fingerprint density at radius 1 is 1.41 bits per heavy atom. The number of piperidine rings is 1. The van der Waals surface area contributed by atoms with Crippen molar-refractivity contribution in [2.75, 3.05) is 39.9 Å². The van der Waals surface area contributed by atoms with Crippen molar-refractivity contribution in [1.82, 2.24) is 10.2 Å². The summed E-state index contributed by atoms with van der Waals surface area (Å²) >= 11 is 0. The lowest BCUT2D eigenvalue weighted by atomic mass is 9.81. The van der Waals surface area contributed by atoms with Crippen LogP contribution in [0.25, 0.3) is 0 Å². The van der Waals surface area contributed by atoms with Gasteiger partial charge in [-0.05, 0) is 45.1 Å². The van der Waals surface area contributed by atoms with Gasteiger partial charge in [-0.25, -0.2) is 0 Å². The standard InChI is InChI=1S/C14H26N2O/c1-15-9-14(5-2-6-17-11-14)10-16-8-12-3-4-13(16)7-12/h12-13,15H,2-11H2,1H3. The van der Waals surface area contributed by atoms with Gasteiger partial charge in [0, 0.05) is 37.7 Å². The first kappa shape index (κ1) is 11.9. The Morgan fingerprint density at radius 2 is 2.35 bits per heavy atom. The van der Waals surface area contributed by atoms with Crippen LogP contribution < -0.4 is 5.32 Å². The minimum atomic E-state index is 0.386. The van der Waals surface area contributed by atoms with Crippen LogP contribution in [0.2, 0.25) is 0 Å². The minimum absolute atomic E-state index is 0.386. The summed E-state index contributed by atoms with van der Waals surface area (Å²) in [5.41, 5.74) is 0.386. The van der Waals surface area contributed by atoms with E-state index in [-0.39, 0.29) is 0 Å². The van der Waals surface area contributed by atoms with Crippen LogP contribution in [0.1, 0.15) is 32.1 Å². The molecule has 3 aliphatic rings. The van der Waals surface area contributed by atoms with E-state index in [1.54, 1.807) is 0 Å². The van der Waals surface area contributed by atoms with Gasteiger partial charge in [-0.2, -0.15) is 0 Å². The van der Waals surface area contributed by atoms with E-state index >= 15 is 0 Å². The molecule has 3 heteroatoms. The number of hydrogen-bond acceptors (Lipinski definition) is 3.